The number of nitrogens with zero attached hydrogens (tertiary/aromatic N) is 1. The van der Waals surface area contributed by atoms with Crippen molar-refractivity contribution in [2.45, 2.75) is 12.5 Å². The fourth-order valence-corrected chi connectivity index (χ4v) is 2.76. The summed E-state index contributed by atoms with van der Waals surface area (Å²) in [4.78, 5) is 16.0. The molecule has 19 heavy (non-hydrogen) atoms. The maximum Gasteiger partial charge on any atom is 0.142 e. The second-order valence-corrected chi connectivity index (χ2v) is 4.91. The van der Waals surface area contributed by atoms with Crippen LogP contribution in [0, 0.1) is 0 Å². The predicted octanol–water partition coefficient (Wildman–Crippen LogP) is 1.33. The Bertz CT molecular complexity index is 613. The van der Waals surface area contributed by atoms with Gasteiger partial charge in [0, 0.05) is 42.8 Å². The maximum atomic E-state index is 10.6. The Morgan fingerprint density at radius 3 is 3.21 bits per heavy atom. The normalized spacial score (nSPS) is 19.4. The van der Waals surface area contributed by atoms with Crippen molar-refractivity contribution in [3.63, 3.8) is 0 Å². The van der Waals surface area contributed by atoms with Crippen LogP contribution in [0.3, 0.4) is 0 Å². The van der Waals surface area contributed by atoms with Crippen molar-refractivity contribution < 1.29 is 4.79 Å². The van der Waals surface area contributed by atoms with E-state index in [-0.39, 0.29) is 0 Å². The van der Waals surface area contributed by atoms with E-state index in [0.29, 0.717) is 6.04 Å². The van der Waals surface area contributed by atoms with E-state index in [1.165, 1.54) is 16.5 Å². The van der Waals surface area contributed by atoms with Gasteiger partial charge in [-0.05, 0) is 18.1 Å². The average molecular weight is 255 g/mol. The smallest absolute Gasteiger partial charge is 0.142 e. The molecule has 1 aliphatic rings. The van der Waals surface area contributed by atoms with Crippen LogP contribution >= 0.6 is 0 Å². The highest BCUT2D eigenvalue weighted by molar-refractivity contribution is 5.83. The molecule has 0 radical (unpaired) electrons. The van der Waals surface area contributed by atoms with E-state index in [2.05, 4.69) is 39.6 Å². The Hall–Kier alpha value is -2.03. The van der Waals surface area contributed by atoms with Gasteiger partial charge in [0.05, 0.1) is 6.20 Å². The molecule has 0 saturated carbocycles. The molecule has 4 nitrogen and oxygen atoms in total. The van der Waals surface area contributed by atoms with Crippen LogP contribution in [0.2, 0.25) is 0 Å². The number of H-pyrrole nitrogens is 1. The number of aromatic amines is 1. The highest BCUT2D eigenvalue weighted by Gasteiger charge is 2.21. The van der Waals surface area contributed by atoms with Crippen molar-refractivity contribution in [2.24, 2.45) is 0 Å². The fourth-order valence-electron chi connectivity index (χ4n) is 2.76. The van der Waals surface area contributed by atoms with E-state index in [1.807, 2.05) is 12.0 Å². The lowest BCUT2D eigenvalue weighted by Gasteiger charge is -2.34. The van der Waals surface area contributed by atoms with Crippen LogP contribution in [0.25, 0.3) is 10.9 Å². The molecular formula is C15H17N3O. The van der Waals surface area contributed by atoms with Crippen LogP contribution in [0.15, 0.2) is 36.7 Å². The van der Waals surface area contributed by atoms with Gasteiger partial charge in [0.2, 0.25) is 0 Å². The quantitative estimate of drug-likeness (QED) is 0.813. The molecule has 4 heteroatoms. The molecule has 1 fully saturated rings. The zero-order chi connectivity index (χ0) is 13.1. The lowest BCUT2D eigenvalue weighted by molar-refractivity contribution is 0.229. The molecule has 1 aliphatic heterocycles. The molecule has 2 heterocycles. The van der Waals surface area contributed by atoms with Crippen LogP contribution in [-0.4, -0.2) is 41.5 Å². The molecule has 1 aromatic heterocycles. The number of hydrogen-bond donors (Lipinski definition) is 2. The summed E-state index contributed by atoms with van der Waals surface area (Å²) in [5, 5.41) is 4.65. The molecule has 0 amide bonds. The van der Waals surface area contributed by atoms with Gasteiger partial charge in [0.15, 0.2) is 0 Å². The van der Waals surface area contributed by atoms with Crippen LogP contribution in [-0.2, 0) is 11.2 Å². The molecule has 0 spiro atoms. The molecule has 1 atom stereocenters. The second-order valence-electron chi connectivity index (χ2n) is 4.91. The van der Waals surface area contributed by atoms with Gasteiger partial charge in [-0.2, -0.15) is 0 Å². The zero-order valence-corrected chi connectivity index (χ0v) is 10.7. The summed E-state index contributed by atoms with van der Waals surface area (Å²) in [7, 11) is 0. The van der Waals surface area contributed by atoms with Crippen molar-refractivity contribution in [3.8, 4) is 0 Å². The van der Waals surface area contributed by atoms with Crippen LogP contribution in [0.1, 0.15) is 5.56 Å². The van der Waals surface area contributed by atoms with Crippen LogP contribution < -0.4 is 5.32 Å². The van der Waals surface area contributed by atoms with E-state index >= 15 is 0 Å². The van der Waals surface area contributed by atoms with Crippen molar-refractivity contribution in [1.82, 2.24) is 15.2 Å². The SMILES string of the molecule is O=C=CN1CCNCC1Cc1c[nH]c2ccccc12. The largest absolute Gasteiger partial charge is 0.363 e. The Kier molecular flexibility index (Phi) is 3.36. The first-order valence-corrected chi connectivity index (χ1v) is 6.61. The van der Waals surface area contributed by atoms with Crippen LogP contribution in [0.4, 0.5) is 0 Å². The Labute approximate surface area is 112 Å². The zero-order valence-electron chi connectivity index (χ0n) is 10.7. The standard InChI is InChI=1S/C15H17N3O/c19-8-7-18-6-5-16-11-13(18)9-12-10-17-15-4-2-1-3-14(12)15/h1-4,7,10,13,16-17H,5-6,9,11H2. The number of benzene rings is 1. The number of rotatable bonds is 3. The van der Waals surface area contributed by atoms with E-state index in [4.69, 9.17) is 0 Å². The summed E-state index contributed by atoms with van der Waals surface area (Å²) in [6, 6.07) is 8.63. The summed E-state index contributed by atoms with van der Waals surface area (Å²) in [5.41, 5.74) is 2.47. The molecule has 2 aromatic rings. The minimum atomic E-state index is 0.314. The number of nitrogens with one attached hydrogen (secondary N) is 2. The third-order valence-electron chi connectivity index (χ3n) is 3.74. The van der Waals surface area contributed by atoms with E-state index in [9.17, 15) is 4.79 Å². The first-order valence-electron chi connectivity index (χ1n) is 6.61. The molecule has 1 aromatic carbocycles. The summed E-state index contributed by atoms with van der Waals surface area (Å²) >= 11 is 0. The second kappa shape index (κ2) is 5.31. The Balaban J connectivity index is 1.85. The van der Waals surface area contributed by atoms with Gasteiger partial charge in [-0.1, -0.05) is 18.2 Å². The highest BCUT2D eigenvalue weighted by Crippen LogP contribution is 2.21. The molecule has 1 saturated heterocycles. The maximum absolute atomic E-state index is 10.6. The van der Waals surface area contributed by atoms with Gasteiger partial charge in [-0.25, -0.2) is 4.79 Å². The molecule has 0 bridgehead atoms. The lowest BCUT2D eigenvalue weighted by atomic mass is 10.0. The molecule has 2 N–H and O–H groups in total. The number of para-hydroxylation sites is 1. The molecule has 98 valence electrons. The van der Waals surface area contributed by atoms with Crippen molar-refractivity contribution in [2.75, 3.05) is 19.6 Å². The number of aromatic nitrogens is 1. The molecule has 1 unspecified atom stereocenters. The minimum absolute atomic E-state index is 0.314. The third kappa shape index (κ3) is 2.41. The summed E-state index contributed by atoms with van der Waals surface area (Å²) in [6.07, 6.45) is 4.54. The minimum Gasteiger partial charge on any atom is -0.363 e. The van der Waals surface area contributed by atoms with Gasteiger partial charge in [-0.3, -0.25) is 0 Å². The van der Waals surface area contributed by atoms with Crippen LogP contribution in [0.5, 0.6) is 0 Å². The first kappa shape index (κ1) is 12.0. The third-order valence-corrected chi connectivity index (χ3v) is 3.74. The summed E-state index contributed by atoms with van der Waals surface area (Å²) < 4.78 is 0. The van der Waals surface area contributed by atoms with Gasteiger partial charge in [0.1, 0.15) is 5.94 Å². The Morgan fingerprint density at radius 1 is 1.42 bits per heavy atom. The topological polar surface area (TPSA) is 48.1 Å². The molecule has 3 rings (SSSR count). The summed E-state index contributed by atoms with van der Waals surface area (Å²) in [6.45, 7) is 2.68. The molecular weight excluding hydrogens is 238 g/mol. The summed E-state index contributed by atoms with van der Waals surface area (Å²) in [5.74, 6) is 1.90. The van der Waals surface area contributed by atoms with Gasteiger partial charge < -0.3 is 15.2 Å². The van der Waals surface area contributed by atoms with E-state index in [1.54, 1.807) is 6.20 Å². The highest BCUT2D eigenvalue weighted by atomic mass is 16.1. The average Bonchev–Trinajstić information content (AvgIpc) is 2.85. The number of carbonyl (C=O) groups excluding carboxylic acids is 1. The van der Waals surface area contributed by atoms with Gasteiger partial charge in [0.25, 0.3) is 0 Å². The number of hydrogen-bond acceptors (Lipinski definition) is 3. The lowest BCUT2D eigenvalue weighted by Crippen LogP contribution is -2.49. The van der Waals surface area contributed by atoms with Crippen molar-refractivity contribution >= 4 is 16.8 Å². The monoisotopic (exact) mass is 255 g/mol. The van der Waals surface area contributed by atoms with Gasteiger partial charge >= 0.3 is 0 Å². The van der Waals surface area contributed by atoms with E-state index in [0.717, 1.165) is 26.1 Å². The van der Waals surface area contributed by atoms with Gasteiger partial charge in [-0.15, -0.1) is 0 Å². The Morgan fingerprint density at radius 2 is 2.32 bits per heavy atom. The number of fused-ring (bicyclic) bond motifs is 1. The molecule has 0 aliphatic carbocycles. The van der Waals surface area contributed by atoms with Crippen molar-refractivity contribution in [3.05, 3.63) is 42.2 Å². The van der Waals surface area contributed by atoms with E-state index < -0.39 is 0 Å². The first-order chi connectivity index (χ1) is 9.38. The predicted molar refractivity (Wildman–Crippen MR) is 75.6 cm³/mol. The fraction of sp³-hybridized carbons (Fsp3) is 0.333. The number of piperazine rings is 1. The van der Waals surface area contributed by atoms with Crippen molar-refractivity contribution in [1.29, 1.82) is 0 Å².